The van der Waals surface area contributed by atoms with Crippen molar-refractivity contribution in [2.75, 3.05) is 26.7 Å². The van der Waals surface area contributed by atoms with Gasteiger partial charge in [-0.1, -0.05) is 25.4 Å². The lowest BCUT2D eigenvalue weighted by Gasteiger charge is -2.46. The molecule has 264 valence electrons. The fraction of sp³-hybridized carbons (Fsp3) is 0.459. The number of rotatable bonds is 14. The summed E-state index contributed by atoms with van der Waals surface area (Å²) >= 11 is 6.24. The normalized spacial score (nSPS) is 15.4. The zero-order valence-electron chi connectivity index (χ0n) is 29.2. The highest BCUT2D eigenvalue weighted by Gasteiger charge is 2.38. The van der Waals surface area contributed by atoms with Gasteiger partial charge in [-0.25, -0.2) is 4.39 Å². The molecule has 0 saturated carbocycles. The van der Waals surface area contributed by atoms with E-state index < -0.39 is 47.7 Å². The molecule has 0 spiro atoms. The monoisotopic (exact) mass is 696 g/mol. The number of nitrogens with one attached hydrogen (secondary N) is 2. The molecule has 2 atom stereocenters. The second-order valence-electron chi connectivity index (χ2n) is 13.7. The molecule has 1 aliphatic heterocycles. The van der Waals surface area contributed by atoms with Crippen molar-refractivity contribution in [1.29, 1.82) is 0 Å². The van der Waals surface area contributed by atoms with Crippen molar-refractivity contribution in [3.8, 4) is 11.1 Å². The third-order valence-electron chi connectivity index (χ3n) is 9.00. The molecule has 3 N–H and O–H groups in total. The summed E-state index contributed by atoms with van der Waals surface area (Å²) in [4.78, 5) is 54.7. The third-order valence-corrected chi connectivity index (χ3v) is 9.22. The van der Waals surface area contributed by atoms with Crippen LogP contribution in [0.4, 0.5) is 4.39 Å². The van der Waals surface area contributed by atoms with Crippen molar-refractivity contribution in [3.05, 3.63) is 91.6 Å². The summed E-state index contributed by atoms with van der Waals surface area (Å²) in [5.74, 6) is -3.37. The number of aliphatic carboxylic acids is 1. The van der Waals surface area contributed by atoms with E-state index in [9.17, 15) is 24.3 Å². The van der Waals surface area contributed by atoms with Gasteiger partial charge in [0, 0.05) is 50.1 Å². The summed E-state index contributed by atoms with van der Waals surface area (Å²) in [6, 6.07) is 7.45. The number of nitrogens with zero attached hydrogens (tertiary/aromatic N) is 2. The second kappa shape index (κ2) is 15.7. The largest absolute Gasteiger partial charge is 0.481 e. The van der Waals surface area contributed by atoms with Crippen LogP contribution in [0, 0.1) is 32.5 Å². The number of carbonyl (C=O) groups excluding carboxylic acids is 2. The van der Waals surface area contributed by atoms with E-state index in [2.05, 4.69) is 15.5 Å². The summed E-state index contributed by atoms with van der Waals surface area (Å²) in [6.45, 7) is 13.5. The number of carboxylic acids is 1. The molecular weight excluding hydrogens is 651 g/mol. The molecule has 0 unspecified atom stereocenters. The van der Waals surface area contributed by atoms with Gasteiger partial charge in [0.25, 0.3) is 11.5 Å². The van der Waals surface area contributed by atoms with Crippen molar-refractivity contribution in [2.24, 2.45) is 5.92 Å². The number of amides is 2. The lowest BCUT2D eigenvalue weighted by molar-refractivity contribution is -0.137. The van der Waals surface area contributed by atoms with Crippen LogP contribution in [0.3, 0.4) is 0 Å². The van der Waals surface area contributed by atoms with Gasteiger partial charge in [-0.2, -0.15) is 0 Å². The minimum Gasteiger partial charge on any atom is -0.481 e. The maximum Gasteiger partial charge on any atom is 0.305 e. The van der Waals surface area contributed by atoms with Gasteiger partial charge in [-0.05, 0) is 104 Å². The van der Waals surface area contributed by atoms with Gasteiger partial charge in [0.15, 0.2) is 0 Å². The van der Waals surface area contributed by atoms with E-state index in [1.165, 1.54) is 10.6 Å². The summed E-state index contributed by atoms with van der Waals surface area (Å²) in [5, 5.41) is 15.7. The van der Waals surface area contributed by atoms with E-state index in [-0.39, 0.29) is 34.6 Å². The van der Waals surface area contributed by atoms with E-state index in [1.54, 1.807) is 50.6 Å². The number of hydrogen-bond acceptors (Lipinski definition) is 6. The summed E-state index contributed by atoms with van der Waals surface area (Å²) in [5.41, 5.74) is 2.65. The Morgan fingerprint density at radius 2 is 1.69 bits per heavy atom. The van der Waals surface area contributed by atoms with Crippen LogP contribution in [0.1, 0.15) is 72.3 Å². The molecule has 10 nitrogen and oxygen atoms in total. The lowest BCUT2D eigenvalue weighted by atomic mass is 9.90. The second-order valence-corrected chi connectivity index (χ2v) is 14.1. The Morgan fingerprint density at radius 3 is 2.29 bits per heavy atom. The summed E-state index contributed by atoms with van der Waals surface area (Å²) in [6.07, 6.45) is 1.20. The van der Waals surface area contributed by atoms with Gasteiger partial charge in [0.2, 0.25) is 5.91 Å². The fourth-order valence-corrected chi connectivity index (χ4v) is 6.83. The smallest absolute Gasteiger partial charge is 0.305 e. The third kappa shape index (κ3) is 9.14. The lowest BCUT2D eigenvalue weighted by Crippen LogP contribution is -2.61. The van der Waals surface area contributed by atoms with E-state index in [0.29, 0.717) is 23.7 Å². The van der Waals surface area contributed by atoms with E-state index >= 15 is 4.39 Å². The highest BCUT2D eigenvalue weighted by atomic mass is 35.5. The van der Waals surface area contributed by atoms with Crippen LogP contribution in [0.2, 0.25) is 5.02 Å². The number of methoxy groups -OCH3 is 1. The first kappa shape index (κ1) is 37.8. The Morgan fingerprint density at radius 1 is 1.04 bits per heavy atom. The van der Waals surface area contributed by atoms with Crippen LogP contribution in [0.15, 0.2) is 47.4 Å². The fourth-order valence-electron chi connectivity index (χ4n) is 6.51. The number of carbonyl (C=O) groups is 3. The number of likely N-dealkylation sites (tertiary alicyclic amines) is 1. The van der Waals surface area contributed by atoms with Crippen LogP contribution in [0.5, 0.6) is 0 Å². The molecule has 1 aromatic heterocycles. The molecule has 1 aliphatic rings. The van der Waals surface area contributed by atoms with E-state index in [0.717, 1.165) is 29.8 Å². The van der Waals surface area contributed by atoms with Crippen molar-refractivity contribution >= 4 is 29.4 Å². The Kier molecular flexibility index (Phi) is 12.1. The first-order chi connectivity index (χ1) is 23.0. The zero-order valence-corrected chi connectivity index (χ0v) is 29.9. The Balaban J connectivity index is 1.58. The summed E-state index contributed by atoms with van der Waals surface area (Å²) < 4.78 is 22.7. The number of benzene rings is 2. The molecule has 0 aliphatic carbocycles. The number of aryl methyl sites for hydroxylation is 3. The number of carboxylic acid groups (broad SMARTS) is 1. The van der Waals surface area contributed by atoms with Gasteiger partial charge >= 0.3 is 5.97 Å². The van der Waals surface area contributed by atoms with Gasteiger partial charge < -0.3 is 25.0 Å². The molecule has 2 amide bonds. The Hall–Kier alpha value is -4.06. The molecular formula is C37H46ClFN4O6. The van der Waals surface area contributed by atoms with Gasteiger partial charge in [0.05, 0.1) is 18.1 Å². The van der Waals surface area contributed by atoms with Crippen molar-refractivity contribution in [3.63, 3.8) is 0 Å². The number of pyridine rings is 1. The number of aromatic nitrogens is 1. The molecule has 49 heavy (non-hydrogen) atoms. The molecule has 2 heterocycles. The summed E-state index contributed by atoms with van der Waals surface area (Å²) in [7, 11) is 1.67. The predicted octanol–water partition coefficient (Wildman–Crippen LogP) is 5.43. The van der Waals surface area contributed by atoms with Crippen LogP contribution in [0.25, 0.3) is 11.1 Å². The average molecular weight is 697 g/mol. The molecule has 3 aromatic rings. The van der Waals surface area contributed by atoms with Crippen molar-refractivity contribution in [1.82, 2.24) is 20.1 Å². The van der Waals surface area contributed by atoms with Gasteiger partial charge in [-0.3, -0.25) is 24.1 Å². The standard InChI is InChI=1S/C37H46ClFN4O6/c1-21(2)13-30(41-34(46)27-9-8-10-43(36(27)48)12-11-42-19-37(6,20-42)49-7)35(47)40-29(18-31(44)45)28-17-25(14-24(5)33(28)39)32-22(3)15-26(38)16-23(32)4/h8-10,14-17,21,29-30H,11-13,18-20H2,1-7H3,(H,40,47)(H,41,46)(H,44,45)/t29-,30-/m0/s1. The van der Waals surface area contributed by atoms with E-state index in [1.807, 2.05) is 34.6 Å². The molecule has 2 aromatic carbocycles. The molecule has 12 heteroatoms. The minimum atomic E-state index is -1.25. The van der Waals surface area contributed by atoms with Crippen LogP contribution in [-0.4, -0.2) is 70.7 Å². The molecule has 1 saturated heterocycles. The highest BCUT2D eigenvalue weighted by Crippen LogP contribution is 2.35. The van der Waals surface area contributed by atoms with Crippen molar-refractivity contribution < 1.29 is 28.6 Å². The number of hydrogen-bond donors (Lipinski definition) is 3. The van der Waals surface area contributed by atoms with Crippen LogP contribution in [-0.2, 0) is 20.9 Å². The average Bonchev–Trinajstić information content (AvgIpc) is 2.99. The van der Waals surface area contributed by atoms with Gasteiger partial charge in [-0.15, -0.1) is 0 Å². The Labute approximate surface area is 291 Å². The molecule has 1 fully saturated rings. The quantitative estimate of drug-likeness (QED) is 0.205. The van der Waals surface area contributed by atoms with Crippen LogP contribution < -0.4 is 16.2 Å². The van der Waals surface area contributed by atoms with Crippen LogP contribution >= 0.6 is 11.6 Å². The first-order valence-electron chi connectivity index (χ1n) is 16.4. The molecule has 0 bridgehead atoms. The molecule has 0 radical (unpaired) electrons. The maximum absolute atomic E-state index is 15.8. The topological polar surface area (TPSA) is 130 Å². The minimum absolute atomic E-state index is 0.00749. The SMILES string of the molecule is COC1(C)CN(CCn2cccc(C(=O)N[C@@H](CC(C)C)C(=O)N[C@@H](CC(=O)O)c3cc(-c4c(C)cc(Cl)cc4C)cc(C)c3F)c2=O)C1. The number of ether oxygens (including phenoxy) is 1. The Bertz CT molecular complexity index is 1760. The predicted molar refractivity (Wildman–Crippen MR) is 187 cm³/mol. The first-order valence-corrected chi connectivity index (χ1v) is 16.8. The highest BCUT2D eigenvalue weighted by molar-refractivity contribution is 6.30. The maximum atomic E-state index is 15.8. The molecule has 4 rings (SSSR count). The van der Waals surface area contributed by atoms with E-state index in [4.69, 9.17) is 16.3 Å². The number of halogens is 2. The van der Waals surface area contributed by atoms with Crippen molar-refractivity contribution in [2.45, 2.75) is 78.6 Å². The van der Waals surface area contributed by atoms with Gasteiger partial charge in [0.1, 0.15) is 17.4 Å². The zero-order chi connectivity index (χ0) is 36.2.